The Hall–Kier alpha value is -2.94. The molecule has 0 saturated heterocycles. The number of rotatable bonds is 5. The molecule has 0 saturated carbocycles. The predicted molar refractivity (Wildman–Crippen MR) is 94.8 cm³/mol. The first-order valence-electron chi connectivity index (χ1n) is 7.80. The maximum Gasteiger partial charge on any atom is 0.416 e. The van der Waals surface area contributed by atoms with Crippen LogP contribution >= 0.6 is 11.3 Å². The predicted octanol–water partition coefficient (Wildman–Crippen LogP) is 4.70. The molecule has 0 aliphatic heterocycles. The molecule has 2 heterocycles. The van der Waals surface area contributed by atoms with Gasteiger partial charge in [0, 0.05) is 11.9 Å². The van der Waals surface area contributed by atoms with E-state index in [4.69, 9.17) is 4.74 Å². The van der Waals surface area contributed by atoms with Crippen LogP contribution in [0.15, 0.2) is 48.8 Å². The summed E-state index contributed by atoms with van der Waals surface area (Å²) in [5.74, 6) is 0.0530. The third-order valence-corrected chi connectivity index (χ3v) is 4.62. The fraction of sp³-hybridized carbons (Fsp3) is 0.167. The average Bonchev–Trinajstić information content (AvgIpc) is 3.01. The monoisotopic (exact) mass is 393 g/mol. The van der Waals surface area contributed by atoms with Crippen molar-refractivity contribution in [3.05, 3.63) is 69.9 Å². The molecule has 0 aliphatic carbocycles. The van der Waals surface area contributed by atoms with Crippen molar-refractivity contribution >= 4 is 22.9 Å². The summed E-state index contributed by atoms with van der Waals surface area (Å²) >= 11 is 1.13. The number of nitrogens with one attached hydrogen (secondary N) is 1. The van der Waals surface area contributed by atoms with Gasteiger partial charge < -0.3 is 10.1 Å². The molecule has 27 heavy (non-hydrogen) atoms. The number of alkyl halides is 3. The molecular formula is C18H14F3N3O2S. The van der Waals surface area contributed by atoms with Gasteiger partial charge in [0.25, 0.3) is 5.91 Å². The number of thiazole rings is 1. The first kappa shape index (κ1) is 18.8. The van der Waals surface area contributed by atoms with Gasteiger partial charge in [0.2, 0.25) is 0 Å². The largest absolute Gasteiger partial charge is 0.485 e. The molecule has 0 bridgehead atoms. The van der Waals surface area contributed by atoms with Crippen LogP contribution in [0.1, 0.15) is 25.9 Å². The summed E-state index contributed by atoms with van der Waals surface area (Å²) in [5.41, 5.74) is -0.281. The number of anilines is 1. The molecule has 3 aromatic rings. The second kappa shape index (κ2) is 7.75. The third kappa shape index (κ3) is 4.82. The quantitative estimate of drug-likeness (QED) is 0.683. The fourth-order valence-electron chi connectivity index (χ4n) is 2.26. The second-order valence-electron chi connectivity index (χ2n) is 5.53. The topological polar surface area (TPSA) is 64.1 Å². The van der Waals surface area contributed by atoms with Gasteiger partial charge in [-0.25, -0.2) is 4.98 Å². The standard InChI is InChI=1S/C18H14F3N3O2S/c1-11-16(27-15(23-11)10-26-14-6-3-7-22-9-14)17(25)24-13-5-2-4-12(8-13)18(19,20)21/h2-9H,10H2,1H3,(H,24,25). The van der Waals surface area contributed by atoms with E-state index in [1.807, 2.05) is 0 Å². The number of carbonyl (C=O) groups excluding carboxylic acids is 1. The highest BCUT2D eigenvalue weighted by Gasteiger charge is 2.30. The number of nitrogens with zero attached hydrogens (tertiary/aromatic N) is 2. The van der Waals surface area contributed by atoms with E-state index in [2.05, 4.69) is 15.3 Å². The molecule has 3 rings (SSSR count). The van der Waals surface area contributed by atoms with E-state index in [1.165, 1.54) is 12.1 Å². The van der Waals surface area contributed by atoms with Gasteiger partial charge in [-0.3, -0.25) is 9.78 Å². The normalized spacial score (nSPS) is 11.3. The van der Waals surface area contributed by atoms with Crippen molar-refractivity contribution < 1.29 is 22.7 Å². The summed E-state index contributed by atoms with van der Waals surface area (Å²) < 4.78 is 43.9. The highest BCUT2D eigenvalue weighted by atomic mass is 32.1. The number of amides is 1. The maximum absolute atomic E-state index is 12.8. The molecule has 2 aromatic heterocycles. The van der Waals surface area contributed by atoms with Crippen LogP contribution in [-0.4, -0.2) is 15.9 Å². The average molecular weight is 393 g/mol. The van der Waals surface area contributed by atoms with Gasteiger partial charge in [-0.1, -0.05) is 6.07 Å². The zero-order chi connectivity index (χ0) is 19.4. The second-order valence-corrected chi connectivity index (χ2v) is 6.62. The van der Waals surface area contributed by atoms with Gasteiger partial charge in [0.05, 0.1) is 17.5 Å². The molecule has 1 amide bonds. The molecule has 1 aromatic carbocycles. The van der Waals surface area contributed by atoms with Gasteiger partial charge in [-0.15, -0.1) is 11.3 Å². The number of carbonyl (C=O) groups is 1. The van der Waals surface area contributed by atoms with Crippen LogP contribution in [0.4, 0.5) is 18.9 Å². The molecule has 0 aliphatic rings. The van der Waals surface area contributed by atoms with E-state index in [0.29, 0.717) is 21.3 Å². The van der Waals surface area contributed by atoms with Gasteiger partial charge in [-0.05, 0) is 37.3 Å². The Morgan fingerprint density at radius 3 is 2.78 bits per heavy atom. The first-order valence-corrected chi connectivity index (χ1v) is 8.62. The van der Waals surface area contributed by atoms with E-state index in [1.54, 1.807) is 31.5 Å². The van der Waals surface area contributed by atoms with Gasteiger partial charge in [0.1, 0.15) is 22.2 Å². The van der Waals surface area contributed by atoms with Crippen molar-refractivity contribution in [1.29, 1.82) is 0 Å². The van der Waals surface area contributed by atoms with Gasteiger partial charge in [-0.2, -0.15) is 13.2 Å². The molecule has 0 atom stereocenters. The van der Waals surface area contributed by atoms with Crippen molar-refractivity contribution in [3.8, 4) is 5.75 Å². The van der Waals surface area contributed by atoms with E-state index in [0.717, 1.165) is 23.5 Å². The lowest BCUT2D eigenvalue weighted by Gasteiger charge is -2.09. The number of aryl methyl sites for hydroxylation is 1. The smallest absolute Gasteiger partial charge is 0.416 e. The van der Waals surface area contributed by atoms with Gasteiger partial charge >= 0.3 is 6.18 Å². The van der Waals surface area contributed by atoms with Crippen molar-refractivity contribution in [1.82, 2.24) is 9.97 Å². The summed E-state index contributed by atoms with van der Waals surface area (Å²) in [6, 6.07) is 7.95. The third-order valence-electron chi connectivity index (χ3n) is 3.49. The van der Waals surface area contributed by atoms with E-state index >= 15 is 0 Å². The summed E-state index contributed by atoms with van der Waals surface area (Å²) in [4.78, 5) is 20.9. The fourth-order valence-corrected chi connectivity index (χ4v) is 3.14. The number of aromatic nitrogens is 2. The Kier molecular flexibility index (Phi) is 5.41. The minimum atomic E-state index is -4.47. The molecule has 1 N–H and O–H groups in total. The summed E-state index contributed by atoms with van der Waals surface area (Å²) in [7, 11) is 0. The van der Waals surface area contributed by atoms with E-state index in [9.17, 15) is 18.0 Å². The molecule has 0 fully saturated rings. The van der Waals surface area contributed by atoms with Crippen LogP contribution < -0.4 is 10.1 Å². The zero-order valence-corrected chi connectivity index (χ0v) is 14.9. The summed E-state index contributed by atoms with van der Waals surface area (Å²) in [5, 5.41) is 3.05. The van der Waals surface area contributed by atoms with Crippen LogP contribution in [0, 0.1) is 6.92 Å². The number of halogens is 3. The highest BCUT2D eigenvalue weighted by molar-refractivity contribution is 7.13. The lowest BCUT2D eigenvalue weighted by Crippen LogP contribution is -2.13. The molecule has 140 valence electrons. The Morgan fingerprint density at radius 2 is 2.07 bits per heavy atom. The molecular weight excluding hydrogens is 379 g/mol. The summed E-state index contributed by atoms with van der Waals surface area (Å²) in [6.07, 6.45) is -1.30. The van der Waals surface area contributed by atoms with Crippen molar-refractivity contribution in [3.63, 3.8) is 0 Å². The lowest BCUT2D eigenvalue weighted by molar-refractivity contribution is -0.137. The SMILES string of the molecule is Cc1nc(COc2cccnc2)sc1C(=O)Nc1cccc(C(F)(F)F)c1. The van der Waals surface area contributed by atoms with Crippen LogP contribution in [0.25, 0.3) is 0 Å². The lowest BCUT2D eigenvalue weighted by atomic mass is 10.2. The van der Waals surface area contributed by atoms with Crippen LogP contribution in [0.3, 0.4) is 0 Å². The Morgan fingerprint density at radius 1 is 1.26 bits per heavy atom. The Labute approximate surface area is 156 Å². The van der Waals surface area contributed by atoms with Crippen LogP contribution in [0.5, 0.6) is 5.75 Å². The molecule has 5 nitrogen and oxygen atoms in total. The molecule has 0 unspecified atom stereocenters. The number of hydrogen-bond acceptors (Lipinski definition) is 5. The number of benzene rings is 1. The van der Waals surface area contributed by atoms with Crippen molar-refractivity contribution in [2.45, 2.75) is 19.7 Å². The molecule has 0 spiro atoms. The highest BCUT2D eigenvalue weighted by Crippen LogP contribution is 2.31. The number of pyridine rings is 1. The van der Waals surface area contributed by atoms with Crippen molar-refractivity contribution in [2.24, 2.45) is 0 Å². The maximum atomic E-state index is 12.8. The van der Waals surface area contributed by atoms with Crippen molar-refractivity contribution in [2.75, 3.05) is 5.32 Å². The molecule has 0 radical (unpaired) electrons. The van der Waals surface area contributed by atoms with E-state index < -0.39 is 17.6 Å². The Balaban J connectivity index is 1.69. The van der Waals surface area contributed by atoms with Crippen LogP contribution in [-0.2, 0) is 12.8 Å². The Bertz CT molecular complexity index is 943. The molecule has 9 heteroatoms. The minimum Gasteiger partial charge on any atom is -0.485 e. The zero-order valence-electron chi connectivity index (χ0n) is 14.1. The van der Waals surface area contributed by atoms with Crippen LogP contribution in [0.2, 0.25) is 0 Å². The first-order chi connectivity index (χ1) is 12.8. The van der Waals surface area contributed by atoms with Gasteiger partial charge in [0.15, 0.2) is 0 Å². The minimum absolute atomic E-state index is 0.0655. The summed E-state index contributed by atoms with van der Waals surface area (Å²) in [6.45, 7) is 1.82. The van der Waals surface area contributed by atoms with E-state index in [-0.39, 0.29) is 12.3 Å². The number of hydrogen-bond donors (Lipinski definition) is 1. The number of ether oxygens (including phenoxy) is 1.